The van der Waals surface area contributed by atoms with Gasteiger partial charge in [0.05, 0.1) is 6.04 Å². The third-order valence-corrected chi connectivity index (χ3v) is 2.54. The molecule has 0 saturated heterocycles. The van der Waals surface area contributed by atoms with Gasteiger partial charge in [-0.25, -0.2) is 0 Å². The number of aliphatic carboxylic acids is 1. The Hall–Kier alpha value is -1.85. The van der Waals surface area contributed by atoms with Gasteiger partial charge in [0, 0.05) is 17.1 Å². The van der Waals surface area contributed by atoms with Crippen LogP contribution < -0.4 is 5.48 Å². The molecule has 2 aromatic rings. The summed E-state index contributed by atoms with van der Waals surface area (Å²) in [5, 5.41) is 20.2. The van der Waals surface area contributed by atoms with Gasteiger partial charge in [-0.2, -0.15) is 0 Å². The quantitative estimate of drug-likeness (QED) is 0.675. The fourth-order valence-electron chi connectivity index (χ4n) is 1.70. The molecule has 2 rings (SSSR count). The summed E-state index contributed by atoms with van der Waals surface area (Å²) in [6.07, 6.45) is 1.90. The summed E-state index contributed by atoms with van der Waals surface area (Å²) in [7, 11) is 0. The van der Waals surface area contributed by atoms with E-state index in [2.05, 4.69) is 4.98 Å². The molecular weight excluding hydrogens is 208 g/mol. The maximum Gasteiger partial charge on any atom is 0.320 e. The fraction of sp³-hybridized carbons (Fsp3) is 0.182. The van der Waals surface area contributed by atoms with E-state index in [9.17, 15) is 10.0 Å². The Balaban J connectivity index is 2.30. The smallest absolute Gasteiger partial charge is 0.320 e. The Morgan fingerprint density at radius 1 is 1.50 bits per heavy atom. The summed E-state index contributed by atoms with van der Waals surface area (Å²) >= 11 is 0. The van der Waals surface area contributed by atoms with Gasteiger partial charge in [0.25, 0.3) is 0 Å². The third kappa shape index (κ3) is 1.91. The molecule has 1 heterocycles. The van der Waals surface area contributed by atoms with Crippen LogP contribution >= 0.6 is 0 Å². The second-order valence-electron chi connectivity index (χ2n) is 3.57. The highest BCUT2D eigenvalue weighted by Gasteiger charge is 2.15. The first-order chi connectivity index (χ1) is 7.72. The van der Waals surface area contributed by atoms with Gasteiger partial charge in [-0.3, -0.25) is 4.79 Å². The number of H-pyrrole nitrogens is 1. The lowest BCUT2D eigenvalue weighted by Gasteiger charge is -2.16. The first kappa shape index (κ1) is 10.7. The normalized spacial score (nSPS) is 12.8. The molecule has 0 unspecified atom stereocenters. The lowest BCUT2D eigenvalue weighted by Crippen LogP contribution is -2.34. The van der Waals surface area contributed by atoms with Crippen molar-refractivity contribution in [1.29, 1.82) is 0 Å². The highest BCUT2D eigenvalue weighted by molar-refractivity contribution is 5.84. The lowest BCUT2D eigenvalue weighted by molar-refractivity contribution is -0.139. The minimum Gasteiger partial charge on any atom is -0.787 e. The number of para-hydroxylation sites is 1. The largest absolute Gasteiger partial charge is 0.787 e. The zero-order valence-corrected chi connectivity index (χ0v) is 8.43. The van der Waals surface area contributed by atoms with E-state index in [1.165, 1.54) is 0 Å². The maximum absolute atomic E-state index is 10.7. The average Bonchev–Trinajstić information content (AvgIpc) is 2.69. The summed E-state index contributed by atoms with van der Waals surface area (Å²) in [5.74, 6) is -1.14. The van der Waals surface area contributed by atoms with Gasteiger partial charge in [0.1, 0.15) is 0 Å². The number of hydroxylamine groups is 1. The topological polar surface area (TPSA) is 88.2 Å². The van der Waals surface area contributed by atoms with E-state index in [1.807, 2.05) is 24.3 Å². The minimum absolute atomic E-state index is 0.169. The third-order valence-electron chi connectivity index (χ3n) is 2.54. The zero-order valence-electron chi connectivity index (χ0n) is 8.43. The van der Waals surface area contributed by atoms with Crippen LogP contribution in [0.3, 0.4) is 0 Å². The number of carboxylic acid groups (broad SMARTS) is 1. The van der Waals surface area contributed by atoms with E-state index in [4.69, 9.17) is 5.11 Å². The Morgan fingerprint density at radius 3 is 2.94 bits per heavy atom. The number of rotatable bonds is 4. The number of nitrogens with one attached hydrogen (secondary N) is 2. The predicted molar refractivity (Wildman–Crippen MR) is 59.9 cm³/mol. The number of benzene rings is 1. The summed E-state index contributed by atoms with van der Waals surface area (Å²) in [6, 6.07) is 6.46. The number of fused-ring (bicyclic) bond motifs is 1. The van der Waals surface area contributed by atoms with Crippen molar-refractivity contribution in [3.63, 3.8) is 0 Å². The van der Waals surface area contributed by atoms with E-state index >= 15 is 0 Å². The molecule has 84 valence electrons. The molecule has 1 atom stereocenters. The molecule has 5 heteroatoms. The van der Waals surface area contributed by atoms with Crippen molar-refractivity contribution in [3.05, 3.63) is 41.2 Å². The number of hydrogen-bond donors (Lipinski definition) is 3. The second-order valence-corrected chi connectivity index (χ2v) is 3.57. The van der Waals surface area contributed by atoms with Crippen LogP contribution in [0.1, 0.15) is 5.56 Å². The van der Waals surface area contributed by atoms with Gasteiger partial charge in [-0.15, -0.1) is 0 Å². The average molecular weight is 219 g/mol. The van der Waals surface area contributed by atoms with Crippen LogP contribution in [0, 0.1) is 5.21 Å². The molecule has 0 saturated carbocycles. The molecule has 1 aromatic heterocycles. The molecule has 0 aliphatic rings. The second kappa shape index (κ2) is 4.34. The molecule has 0 bridgehead atoms. The van der Waals surface area contributed by atoms with Crippen LogP contribution in [0.15, 0.2) is 30.5 Å². The van der Waals surface area contributed by atoms with Crippen molar-refractivity contribution in [1.82, 2.24) is 10.5 Å². The highest BCUT2D eigenvalue weighted by Crippen LogP contribution is 2.18. The van der Waals surface area contributed by atoms with Gasteiger partial charge < -0.3 is 20.8 Å². The van der Waals surface area contributed by atoms with Crippen LogP contribution in [0.25, 0.3) is 10.9 Å². The molecule has 5 nitrogen and oxygen atoms in total. The number of aromatic nitrogens is 1. The van der Waals surface area contributed by atoms with E-state index in [0.717, 1.165) is 16.5 Å². The molecule has 0 aliphatic heterocycles. The molecular formula is C11H11N2O3-. The van der Waals surface area contributed by atoms with Crippen LogP contribution in [0.4, 0.5) is 0 Å². The monoisotopic (exact) mass is 219 g/mol. The molecule has 0 amide bonds. The van der Waals surface area contributed by atoms with Crippen molar-refractivity contribution in [3.8, 4) is 0 Å². The van der Waals surface area contributed by atoms with Crippen molar-refractivity contribution in [2.45, 2.75) is 12.5 Å². The number of carboxylic acids is 1. The lowest BCUT2D eigenvalue weighted by atomic mass is 10.1. The molecule has 0 aliphatic carbocycles. The standard InChI is InChI=1S/C11H11N2O3/c14-11(15)10(13-16)5-7-6-12-9-4-2-1-3-8(7)9/h1-4,6,10,12-13H,5H2,(H,14,15)/q-1/t10-/m0/s1. The number of aromatic amines is 1. The summed E-state index contributed by atoms with van der Waals surface area (Å²) in [4.78, 5) is 13.8. The molecule has 0 radical (unpaired) electrons. The zero-order chi connectivity index (χ0) is 11.5. The van der Waals surface area contributed by atoms with E-state index in [1.54, 1.807) is 11.7 Å². The molecule has 3 N–H and O–H groups in total. The van der Waals surface area contributed by atoms with Crippen LogP contribution in [-0.4, -0.2) is 22.1 Å². The summed E-state index contributed by atoms with van der Waals surface area (Å²) in [6.45, 7) is 0. The van der Waals surface area contributed by atoms with Crippen LogP contribution in [0.5, 0.6) is 0 Å². The molecule has 1 aromatic carbocycles. The van der Waals surface area contributed by atoms with Gasteiger partial charge in [0.15, 0.2) is 0 Å². The number of carbonyl (C=O) groups is 1. The van der Waals surface area contributed by atoms with Gasteiger partial charge in [-0.1, -0.05) is 18.2 Å². The first-order valence-electron chi connectivity index (χ1n) is 4.88. The van der Waals surface area contributed by atoms with Crippen molar-refractivity contribution < 1.29 is 9.90 Å². The molecule has 16 heavy (non-hydrogen) atoms. The maximum atomic E-state index is 10.7. The predicted octanol–water partition coefficient (Wildman–Crippen LogP) is 1.25. The Morgan fingerprint density at radius 2 is 2.25 bits per heavy atom. The van der Waals surface area contributed by atoms with Crippen LogP contribution in [0.2, 0.25) is 0 Å². The van der Waals surface area contributed by atoms with Crippen molar-refractivity contribution >= 4 is 16.9 Å². The minimum atomic E-state index is -1.14. The van der Waals surface area contributed by atoms with Crippen LogP contribution in [-0.2, 0) is 11.2 Å². The SMILES string of the molecule is O=C(O)[C@H](Cc1c[nH]c2ccccc12)N[O-]. The van der Waals surface area contributed by atoms with Gasteiger partial charge >= 0.3 is 5.97 Å². The Labute approximate surface area is 91.7 Å². The summed E-state index contributed by atoms with van der Waals surface area (Å²) in [5.41, 5.74) is 3.30. The van der Waals surface area contributed by atoms with E-state index in [-0.39, 0.29) is 6.42 Å². The van der Waals surface area contributed by atoms with Gasteiger partial charge in [0.2, 0.25) is 0 Å². The Kier molecular flexibility index (Phi) is 2.89. The van der Waals surface area contributed by atoms with E-state index in [0.29, 0.717) is 0 Å². The van der Waals surface area contributed by atoms with E-state index < -0.39 is 12.0 Å². The number of hydrogen-bond acceptors (Lipinski definition) is 3. The first-order valence-corrected chi connectivity index (χ1v) is 4.88. The molecule has 0 spiro atoms. The summed E-state index contributed by atoms with van der Waals surface area (Å²) < 4.78 is 0. The molecule has 0 fully saturated rings. The van der Waals surface area contributed by atoms with Crippen molar-refractivity contribution in [2.75, 3.05) is 0 Å². The fourth-order valence-corrected chi connectivity index (χ4v) is 1.70. The highest BCUT2D eigenvalue weighted by atomic mass is 16.5. The Bertz CT molecular complexity index is 507. The van der Waals surface area contributed by atoms with Gasteiger partial charge in [-0.05, 0) is 18.1 Å². The van der Waals surface area contributed by atoms with Crippen molar-refractivity contribution in [2.24, 2.45) is 0 Å².